The molecule has 6 nitrogen and oxygen atoms in total. The number of aliphatic imine (C=N–C) groups is 1. The number of nitrogens with two attached hydrogens (primary N) is 1. The predicted molar refractivity (Wildman–Crippen MR) is 71.0 cm³/mol. The molecule has 1 aromatic carbocycles. The second-order valence-corrected chi connectivity index (χ2v) is 4.25. The first-order chi connectivity index (χ1) is 8.74. The van der Waals surface area contributed by atoms with Crippen LogP contribution in [0, 0.1) is 0 Å². The molecule has 0 atom stereocenters. The highest BCUT2D eigenvalue weighted by Crippen LogP contribution is 2.22. The van der Waals surface area contributed by atoms with Gasteiger partial charge in [0.05, 0.1) is 11.9 Å². The number of nitrogens with zero attached hydrogens (tertiary/aromatic N) is 2. The van der Waals surface area contributed by atoms with Crippen molar-refractivity contribution in [3.05, 3.63) is 52.7 Å². The van der Waals surface area contributed by atoms with Gasteiger partial charge in [-0.1, -0.05) is 17.7 Å². The van der Waals surface area contributed by atoms with E-state index in [1.54, 1.807) is 17.5 Å². The Morgan fingerprint density at radius 2 is 2.22 bits per heavy atom. The first kappa shape index (κ1) is 10.8. The number of nitrogens with one attached hydrogen (secondary N) is 3. The SMILES string of the molecule is NC1=C2C(=CN=CN2Nc2cccc(Cl)c2)NN1. The van der Waals surface area contributed by atoms with Crippen LogP contribution in [0.1, 0.15) is 0 Å². The Balaban J connectivity index is 1.87. The van der Waals surface area contributed by atoms with Crippen LogP contribution >= 0.6 is 11.6 Å². The van der Waals surface area contributed by atoms with Crippen molar-refractivity contribution in [1.82, 2.24) is 15.9 Å². The van der Waals surface area contributed by atoms with Crippen LogP contribution in [0.25, 0.3) is 0 Å². The van der Waals surface area contributed by atoms with Crippen molar-refractivity contribution >= 4 is 23.6 Å². The predicted octanol–water partition coefficient (Wildman–Crippen LogP) is 1.09. The first-order valence-electron chi connectivity index (χ1n) is 5.31. The van der Waals surface area contributed by atoms with Gasteiger partial charge >= 0.3 is 0 Å². The van der Waals surface area contributed by atoms with Crippen molar-refractivity contribution in [3.63, 3.8) is 0 Å². The Labute approximate surface area is 109 Å². The van der Waals surface area contributed by atoms with E-state index in [1.807, 2.05) is 24.3 Å². The zero-order valence-corrected chi connectivity index (χ0v) is 10.1. The molecular formula is C11H11ClN6. The molecule has 0 amide bonds. The van der Waals surface area contributed by atoms with E-state index in [0.29, 0.717) is 10.8 Å². The van der Waals surface area contributed by atoms with E-state index in [1.165, 1.54) is 0 Å². The number of hydrogen-bond donors (Lipinski definition) is 4. The average molecular weight is 263 g/mol. The molecule has 1 aromatic rings. The normalized spacial score (nSPS) is 16.9. The number of hydrazine groups is 2. The average Bonchev–Trinajstić information content (AvgIpc) is 2.72. The number of anilines is 1. The zero-order chi connectivity index (χ0) is 12.5. The van der Waals surface area contributed by atoms with Gasteiger partial charge in [0.25, 0.3) is 0 Å². The highest BCUT2D eigenvalue weighted by atomic mass is 35.5. The van der Waals surface area contributed by atoms with Crippen LogP contribution in [0.5, 0.6) is 0 Å². The smallest absolute Gasteiger partial charge is 0.144 e. The molecule has 7 heteroatoms. The molecule has 2 aliphatic rings. The molecule has 0 aliphatic carbocycles. The van der Waals surface area contributed by atoms with E-state index < -0.39 is 0 Å². The second kappa shape index (κ2) is 4.15. The summed E-state index contributed by atoms with van der Waals surface area (Å²) < 4.78 is 0. The van der Waals surface area contributed by atoms with Gasteiger partial charge in [-0.15, -0.1) is 0 Å². The lowest BCUT2D eigenvalue weighted by Crippen LogP contribution is -2.31. The molecule has 2 aliphatic heterocycles. The quantitative estimate of drug-likeness (QED) is 0.642. The van der Waals surface area contributed by atoms with E-state index in [4.69, 9.17) is 17.3 Å². The number of benzene rings is 1. The van der Waals surface area contributed by atoms with Gasteiger partial charge in [0.1, 0.15) is 23.6 Å². The van der Waals surface area contributed by atoms with Crippen LogP contribution in [-0.2, 0) is 0 Å². The summed E-state index contributed by atoms with van der Waals surface area (Å²) in [6.07, 6.45) is 3.33. The maximum absolute atomic E-state index is 5.94. The lowest BCUT2D eigenvalue weighted by molar-refractivity contribution is 0.625. The molecule has 0 radical (unpaired) electrons. The van der Waals surface area contributed by atoms with Crippen LogP contribution < -0.4 is 22.0 Å². The van der Waals surface area contributed by atoms with E-state index in [-0.39, 0.29) is 0 Å². The van der Waals surface area contributed by atoms with Crippen molar-refractivity contribution in [1.29, 1.82) is 0 Å². The molecule has 0 unspecified atom stereocenters. The first-order valence-corrected chi connectivity index (χ1v) is 5.69. The van der Waals surface area contributed by atoms with Crippen LogP contribution in [0.3, 0.4) is 0 Å². The molecule has 0 fully saturated rings. The van der Waals surface area contributed by atoms with Gasteiger partial charge in [-0.25, -0.2) is 10.0 Å². The molecular weight excluding hydrogens is 252 g/mol. The molecule has 0 spiro atoms. The van der Waals surface area contributed by atoms with E-state index in [9.17, 15) is 0 Å². The third-order valence-electron chi connectivity index (χ3n) is 2.54. The molecule has 92 valence electrons. The van der Waals surface area contributed by atoms with Crippen LogP contribution in [0.4, 0.5) is 5.69 Å². The molecule has 0 saturated heterocycles. The Bertz CT molecular complexity index is 577. The largest absolute Gasteiger partial charge is 0.382 e. The maximum Gasteiger partial charge on any atom is 0.144 e. The lowest BCUT2D eigenvalue weighted by Gasteiger charge is -2.24. The summed E-state index contributed by atoms with van der Waals surface area (Å²) in [4.78, 5) is 4.11. The Morgan fingerprint density at radius 1 is 1.33 bits per heavy atom. The summed E-state index contributed by atoms with van der Waals surface area (Å²) in [6.45, 7) is 0. The fourth-order valence-electron chi connectivity index (χ4n) is 1.77. The molecule has 5 N–H and O–H groups in total. The molecule has 0 saturated carbocycles. The third-order valence-corrected chi connectivity index (χ3v) is 2.78. The minimum atomic E-state index is 0.530. The molecule has 0 bridgehead atoms. The summed E-state index contributed by atoms with van der Waals surface area (Å²) >= 11 is 5.94. The highest BCUT2D eigenvalue weighted by Gasteiger charge is 2.24. The van der Waals surface area contributed by atoms with E-state index in [0.717, 1.165) is 17.1 Å². The number of fused-ring (bicyclic) bond motifs is 1. The number of hydrogen-bond acceptors (Lipinski definition) is 6. The lowest BCUT2D eigenvalue weighted by atomic mass is 10.3. The molecule has 2 heterocycles. The minimum Gasteiger partial charge on any atom is -0.382 e. The van der Waals surface area contributed by atoms with Gasteiger partial charge in [-0.2, -0.15) is 0 Å². The fourth-order valence-corrected chi connectivity index (χ4v) is 1.96. The van der Waals surface area contributed by atoms with Gasteiger partial charge in [0.2, 0.25) is 0 Å². The zero-order valence-electron chi connectivity index (χ0n) is 9.31. The van der Waals surface area contributed by atoms with Crippen molar-refractivity contribution in [2.75, 3.05) is 5.43 Å². The van der Waals surface area contributed by atoms with Gasteiger partial charge in [0, 0.05) is 5.02 Å². The second-order valence-electron chi connectivity index (χ2n) is 3.81. The van der Waals surface area contributed by atoms with Gasteiger partial charge in [-0.3, -0.25) is 16.3 Å². The number of halogens is 1. The van der Waals surface area contributed by atoms with Crippen molar-refractivity contribution in [3.8, 4) is 0 Å². The van der Waals surface area contributed by atoms with Crippen molar-refractivity contribution in [2.45, 2.75) is 0 Å². The van der Waals surface area contributed by atoms with Gasteiger partial charge < -0.3 is 5.73 Å². The van der Waals surface area contributed by atoms with E-state index >= 15 is 0 Å². The fraction of sp³-hybridized carbons (Fsp3) is 0. The third kappa shape index (κ3) is 1.82. The Kier molecular flexibility index (Phi) is 2.49. The molecule has 0 aromatic heterocycles. The molecule has 18 heavy (non-hydrogen) atoms. The van der Waals surface area contributed by atoms with Crippen LogP contribution in [0.15, 0.2) is 52.7 Å². The summed E-state index contributed by atoms with van der Waals surface area (Å²) in [7, 11) is 0. The number of rotatable bonds is 2. The minimum absolute atomic E-state index is 0.530. The Hall–Kier alpha value is -2.34. The summed E-state index contributed by atoms with van der Waals surface area (Å²) in [5.74, 6) is 0.530. The standard InChI is InChI=1S/C11H11ClN6/c12-7-2-1-3-8(4-7)17-18-6-14-5-9-10(18)11(13)16-15-9/h1-6,15-17H,13H2. The van der Waals surface area contributed by atoms with Crippen molar-refractivity contribution < 1.29 is 0 Å². The van der Waals surface area contributed by atoms with Gasteiger partial charge in [0.15, 0.2) is 0 Å². The summed E-state index contributed by atoms with van der Waals surface area (Å²) in [5, 5.41) is 2.39. The Morgan fingerprint density at radius 3 is 3.06 bits per heavy atom. The van der Waals surface area contributed by atoms with Crippen LogP contribution in [0.2, 0.25) is 5.02 Å². The maximum atomic E-state index is 5.94. The van der Waals surface area contributed by atoms with Crippen molar-refractivity contribution in [2.24, 2.45) is 10.7 Å². The van der Waals surface area contributed by atoms with Gasteiger partial charge in [-0.05, 0) is 18.2 Å². The monoisotopic (exact) mass is 262 g/mol. The highest BCUT2D eigenvalue weighted by molar-refractivity contribution is 6.30. The summed E-state index contributed by atoms with van der Waals surface area (Å²) in [5.41, 5.74) is 17.2. The topological polar surface area (TPSA) is 77.7 Å². The van der Waals surface area contributed by atoms with E-state index in [2.05, 4.69) is 21.3 Å². The van der Waals surface area contributed by atoms with Crippen LogP contribution in [-0.4, -0.2) is 11.3 Å². The summed E-state index contributed by atoms with van der Waals surface area (Å²) in [6, 6.07) is 7.41. The molecule has 3 rings (SSSR count).